The quantitative estimate of drug-likeness (QED) is 0.342. The van der Waals surface area contributed by atoms with Gasteiger partial charge in [0.05, 0.1) is 6.61 Å². The fourth-order valence-electron chi connectivity index (χ4n) is 5.75. The third-order valence-corrected chi connectivity index (χ3v) is 7.61. The summed E-state index contributed by atoms with van der Waals surface area (Å²) in [4.78, 5) is 54.9. The van der Waals surface area contributed by atoms with Crippen LogP contribution in [0.3, 0.4) is 0 Å². The second kappa shape index (κ2) is 9.86. The number of carbonyl (C=O) groups excluding carboxylic acids is 4. The van der Waals surface area contributed by atoms with Crippen molar-refractivity contribution >= 4 is 29.1 Å². The molecule has 3 aromatic carbocycles. The van der Waals surface area contributed by atoms with Crippen molar-refractivity contribution in [2.45, 2.75) is 32.6 Å². The lowest BCUT2D eigenvalue weighted by atomic mass is 9.64. The molecule has 1 aliphatic heterocycles. The van der Waals surface area contributed by atoms with Crippen LogP contribution >= 0.6 is 0 Å². The minimum Gasteiger partial charge on any atom is -0.465 e. The molecule has 1 N–H and O–H groups in total. The lowest BCUT2D eigenvalue weighted by Crippen LogP contribution is -2.49. The Morgan fingerprint density at radius 3 is 2.11 bits per heavy atom. The van der Waals surface area contributed by atoms with Gasteiger partial charge in [0.25, 0.3) is 0 Å². The molecular weight excluding hydrogens is 478 g/mol. The van der Waals surface area contributed by atoms with E-state index in [4.69, 9.17) is 4.74 Å². The summed E-state index contributed by atoms with van der Waals surface area (Å²) in [6.07, 6.45) is 1.61. The smallest absolute Gasteiger partial charge is 0.315 e. The molecule has 1 spiro atoms. The Bertz CT molecular complexity index is 1470. The van der Waals surface area contributed by atoms with E-state index in [0.29, 0.717) is 22.4 Å². The van der Waals surface area contributed by atoms with Gasteiger partial charge in [-0.1, -0.05) is 83.9 Å². The number of para-hydroxylation sites is 1. The second-order valence-electron chi connectivity index (χ2n) is 9.97. The van der Waals surface area contributed by atoms with E-state index in [1.54, 1.807) is 61.5 Å². The van der Waals surface area contributed by atoms with E-state index in [2.05, 4.69) is 5.32 Å². The van der Waals surface area contributed by atoms with E-state index in [1.165, 1.54) is 0 Å². The van der Waals surface area contributed by atoms with Crippen LogP contribution in [0.4, 0.5) is 5.69 Å². The number of allylic oxidation sites excluding steroid dienone is 1. The molecule has 0 radical (unpaired) electrons. The molecule has 0 saturated heterocycles. The molecule has 3 atom stereocenters. The van der Waals surface area contributed by atoms with Gasteiger partial charge in [0, 0.05) is 34.7 Å². The van der Waals surface area contributed by atoms with Gasteiger partial charge in [0.15, 0.2) is 11.6 Å². The zero-order chi connectivity index (χ0) is 27.0. The van der Waals surface area contributed by atoms with Gasteiger partial charge in [-0.3, -0.25) is 19.2 Å². The molecule has 1 amide bonds. The van der Waals surface area contributed by atoms with Crippen molar-refractivity contribution in [3.05, 3.63) is 112 Å². The van der Waals surface area contributed by atoms with E-state index >= 15 is 0 Å². The zero-order valence-electron chi connectivity index (χ0n) is 21.6. The monoisotopic (exact) mass is 507 g/mol. The Kier molecular flexibility index (Phi) is 6.57. The lowest BCUT2D eigenvalue weighted by Gasteiger charge is -2.34. The van der Waals surface area contributed by atoms with Gasteiger partial charge in [0.2, 0.25) is 5.91 Å². The average Bonchev–Trinajstić information content (AvgIpc) is 3.40. The first-order valence-electron chi connectivity index (χ1n) is 12.8. The van der Waals surface area contributed by atoms with Gasteiger partial charge < -0.3 is 10.1 Å². The summed E-state index contributed by atoms with van der Waals surface area (Å²) in [5.74, 6) is -3.54. The highest BCUT2D eigenvalue weighted by Crippen LogP contribution is 2.57. The molecule has 0 unspecified atom stereocenters. The molecule has 38 heavy (non-hydrogen) atoms. The Morgan fingerprint density at radius 1 is 0.868 bits per heavy atom. The zero-order valence-corrected chi connectivity index (χ0v) is 21.6. The Balaban J connectivity index is 1.68. The van der Waals surface area contributed by atoms with Crippen molar-refractivity contribution in [1.82, 2.24) is 0 Å². The highest BCUT2D eigenvalue weighted by molar-refractivity contribution is 6.18. The molecular formula is C32H29NO5. The Labute approximate surface area is 221 Å². The van der Waals surface area contributed by atoms with Crippen LogP contribution in [0.2, 0.25) is 0 Å². The summed E-state index contributed by atoms with van der Waals surface area (Å²) in [5, 5.41) is 2.91. The van der Waals surface area contributed by atoms with Crippen molar-refractivity contribution in [2.24, 2.45) is 11.8 Å². The molecule has 0 aromatic heterocycles. The predicted molar refractivity (Wildman–Crippen MR) is 144 cm³/mol. The number of rotatable bonds is 7. The van der Waals surface area contributed by atoms with E-state index in [-0.39, 0.29) is 30.2 Å². The fourth-order valence-corrected chi connectivity index (χ4v) is 5.75. The molecule has 3 aromatic rings. The fraction of sp³-hybridized carbons (Fsp3) is 0.250. The second-order valence-corrected chi connectivity index (χ2v) is 9.97. The number of amides is 1. The first-order valence-corrected chi connectivity index (χ1v) is 12.8. The maximum absolute atomic E-state index is 13.9. The molecule has 192 valence electrons. The lowest BCUT2D eigenvalue weighted by molar-refractivity contribution is -0.151. The predicted octanol–water partition coefficient (Wildman–Crippen LogP) is 5.38. The average molecular weight is 508 g/mol. The Morgan fingerprint density at radius 2 is 1.47 bits per heavy atom. The number of ketones is 2. The summed E-state index contributed by atoms with van der Waals surface area (Å²) in [5.41, 5.74) is 2.78. The van der Waals surface area contributed by atoms with Gasteiger partial charge >= 0.3 is 5.97 Å². The van der Waals surface area contributed by atoms with Crippen LogP contribution < -0.4 is 5.32 Å². The summed E-state index contributed by atoms with van der Waals surface area (Å²) in [6, 6.07) is 21.5. The van der Waals surface area contributed by atoms with Crippen molar-refractivity contribution in [2.75, 3.05) is 11.9 Å². The van der Waals surface area contributed by atoms with E-state index in [9.17, 15) is 19.2 Å². The third-order valence-electron chi connectivity index (χ3n) is 7.61. The minimum atomic E-state index is -1.49. The summed E-state index contributed by atoms with van der Waals surface area (Å²) in [6.45, 7) is 5.64. The maximum Gasteiger partial charge on any atom is 0.315 e. The minimum absolute atomic E-state index is 0.0502. The van der Waals surface area contributed by atoms with Crippen LogP contribution in [0.5, 0.6) is 0 Å². The maximum atomic E-state index is 13.9. The molecule has 0 saturated carbocycles. The highest BCUT2D eigenvalue weighted by atomic mass is 16.5. The van der Waals surface area contributed by atoms with Gasteiger partial charge in [-0.05, 0) is 32.4 Å². The molecule has 6 heteroatoms. The van der Waals surface area contributed by atoms with Crippen LogP contribution in [-0.2, 0) is 19.7 Å². The molecule has 0 fully saturated rings. The molecule has 1 heterocycles. The topological polar surface area (TPSA) is 89.5 Å². The summed E-state index contributed by atoms with van der Waals surface area (Å²) in [7, 11) is 0. The summed E-state index contributed by atoms with van der Waals surface area (Å²) < 4.78 is 5.47. The van der Waals surface area contributed by atoms with E-state index in [0.717, 1.165) is 11.1 Å². The first kappa shape index (κ1) is 25.3. The van der Waals surface area contributed by atoms with Crippen LogP contribution in [0, 0.1) is 25.7 Å². The van der Waals surface area contributed by atoms with Crippen LogP contribution in [-0.4, -0.2) is 30.0 Å². The van der Waals surface area contributed by atoms with Crippen molar-refractivity contribution in [3.8, 4) is 0 Å². The van der Waals surface area contributed by atoms with E-state index in [1.807, 2.05) is 38.1 Å². The van der Waals surface area contributed by atoms with Crippen LogP contribution in [0.1, 0.15) is 50.8 Å². The SMILES string of the molecule is CCOC(=O)[C@@H]1C(C(=O)c2ccc(C)cc2)=C[C@@H](CC(=O)c2ccc(C)cc2)[C@@]12C(=O)Nc1ccccc12. The molecule has 1 aliphatic carbocycles. The third kappa shape index (κ3) is 4.06. The van der Waals surface area contributed by atoms with E-state index < -0.39 is 29.1 Å². The largest absolute Gasteiger partial charge is 0.465 e. The number of nitrogens with one attached hydrogen (secondary N) is 1. The molecule has 0 bridgehead atoms. The van der Waals surface area contributed by atoms with Gasteiger partial charge in [0.1, 0.15) is 11.3 Å². The highest BCUT2D eigenvalue weighted by Gasteiger charge is 2.64. The van der Waals surface area contributed by atoms with Crippen molar-refractivity contribution in [1.29, 1.82) is 0 Å². The number of esters is 1. The standard InChI is InChI=1S/C32H29NO5/c1-4-38-30(36)28-24(29(35)22-15-11-20(3)12-16-22)17-23(18-27(34)21-13-9-19(2)10-14-21)32(28)25-7-5-6-8-26(25)33-31(32)37/h5-17,23,28H,4,18H2,1-3H3,(H,33,37)/t23-,28-,32-/m0/s1. The normalized spacial score (nSPS) is 21.6. The number of fused-ring (bicyclic) bond motifs is 2. The summed E-state index contributed by atoms with van der Waals surface area (Å²) >= 11 is 0. The molecule has 2 aliphatic rings. The number of aryl methyl sites for hydroxylation is 2. The Hall–Kier alpha value is -4.32. The number of hydrogen-bond donors (Lipinski definition) is 1. The van der Waals surface area contributed by atoms with Gasteiger partial charge in [-0.2, -0.15) is 0 Å². The molecule has 6 nitrogen and oxygen atoms in total. The van der Waals surface area contributed by atoms with Crippen LogP contribution in [0.25, 0.3) is 0 Å². The van der Waals surface area contributed by atoms with Gasteiger partial charge in [-0.25, -0.2) is 0 Å². The number of ether oxygens (including phenoxy) is 1. The first-order chi connectivity index (χ1) is 18.3. The van der Waals surface area contributed by atoms with Crippen molar-refractivity contribution in [3.63, 3.8) is 0 Å². The molecule has 5 rings (SSSR count). The number of anilines is 1. The number of hydrogen-bond acceptors (Lipinski definition) is 5. The van der Waals surface area contributed by atoms with Gasteiger partial charge in [-0.15, -0.1) is 0 Å². The van der Waals surface area contributed by atoms with Crippen LogP contribution in [0.15, 0.2) is 84.4 Å². The number of Topliss-reactive ketones (excluding diaryl/α,β-unsaturated/α-hetero) is 2. The number of benzene rings is 3. The number of carbonyl (C=O) groups is 4. The van der Waals surface area contributed by atoms with Crippen molar-refractivity contribution < 1.29 is 23.9 Å².